The standard InChI is InChI=1S/C21H20ClFN2O2/c22-18-11-14(23)10-9-13(18)12-25-19(20(26)24-15-5-1-2-6-15)16-7-3-4-8-17(16)21(25)27/h3-4,7-11,15,19H,1-2,5-6,12H2,(H,24,26)/t19-/m1/s1. The quantitative estimate of drug-likeness (QED) is 0.854. The lowest BCUT2D eigenvalue weighted by Crippen LogP contribution is -2.42. The number of carbonyl (C=O) groups excluding carboxylic acids is 2. The van der Waals surface area contributed by atoms with Crippen LogP contribution in [0, 0.1) is 5.82 Å². The number of hydrogen-bond donors (Lipinski definition) is 1. The molecular formula is C21H20ClFN2O2. The van der Waals surface area contributed by atoms with Gasteiger partial charge >= 0.3 is 0 Å². The fourth-order valence-electron chi connectivity index (χ4n) is 4.00. The van der Waals surface area contributed by atoms with Crippen molar-refractivity contribution in [3.05, 3.63) is 70.0 Å². The number of benzene rings is 2. The van der Waals surface area contributed by atoms with E-state index in [2.05, 4.69) is 5.32 Å². The summed E-state index contributed by atoms with van der Waals surface area (Å²) in [5.74, 6) is -0.814. The molecule has 0 radical (unpaired) electrons. The minimum Gasteiger partial charge on any atom is -0.351 e. The third kappa shape index (κ3) is 3.44. The maximum absolute atomic E-state index is 13.4. The van der Waals surface area contributed by atoms with Crippen LogP contribution in [0.1, 0.15) is 53.2 Å². The van der Waals surface area contributed by atoms with Gasteiger partial charge in [0.05, 0.1) is 0 Å². The molecule has 4 nitrogen and oxygen atoms in total. The summed E-state index contributed by atoms with van der Waals surface area (Å²) in [5.41, 5.74) is 1.84. The van der Waals surface area contributed by atoms with E-state index in [9.17, 15) is 14.0 Å². The number of nitrogens with zero attached hydrogens (tertiary/aromatic N) is 1. The first-order valence-electron chi connectivity index (χ1n) is 9.19. The molecule has 1 N–H and O–H groups in total. The first kappa shape index (κ1) is 18.0. The van der Waals surface area contributed by atoms with E-state index in [0.29, 0.717) is 16.7 Å². The van der Waals surface area contributed by atoms with Gasteiger partial charge in [0.15, 0.2) is 0 Å². The van der Waals surface area contributed by atoms with Crippen LogP contribution in [0.3, 0.4) is 0 Å². The molecule has 0 aromatic heterocycles. The van der Waals surface area contributed by atoms with Crippen LogP contribution >= 0.6 is 11.6 Å². The zero-order valence-electron chi connectivity index (χ0n) is 14.8. The largest absolute Gasteiger partial charge is 0.351 e. The van der Waals surface area contributed by atoms with Crippen molar-refractivity contribution in [2.75, 3.05) is 0 Å². The molecule has 6 heteroatoms. The summed E-state index contributed by atoms with van der Waals surface area (Å²) in [7, 11) is 0. The predicted molar refractivity (Wildman–Crippen MR) is 101 cm³/mol. The fourth-order valence-corrected chi connectivity index (χ4v) is 4.23. The van der Waals surface area contributed by atoms with E-state index < -0.39 is 11.9 Å². The summed E-state index contributed by atoms with van der Waals surface area (Å²) in [6.07, 6.45) is 4.16. The predicted octanol–water partition coefficient (Wildman–Crippen LogP) is 4.24. The van der Waals surface area contributed by atoms with Gasteiger partial charge in [0.25, 0.3) is 5.91 Å². The van der Waals surface area contributed by atoms with Crippen LogP contribution in [0.2, 0.25) is 5.02 Å². The molecule has 4 rings (SSSR count). The van der Waals surface area contributed by atoms with Gasteiger partial charge in [-0.25, -0.2) is 4.39 Å². The Balaban J connectivity index is 1.65. The molecule has 27 heavy (non-hydrogen) atoms. The number of amides is 2. The fraction of sp³-hybridized carbons (Fsp3) is 0.333. The molecule has 1 saturated carbocycles. The van der Waals surface area contributed by atoms with E-state index in [4.69, 9.17) is 11.6 Å². The Hall–Kier alpha value is -2.40. The Labute approximate surface area is 162 Å². The van der Waals surface area contributed by atoms with Crippen LogP contribution in [-0.4, -0.2) is 22.8 Å². The summed E-state index contributed by atoms with van der Waals surface area (Å²) in [6, 6.07) is 10.7. The van der Waals surface area contributed by atoms with Gasteiger partial charge < -0.3 is 10.2 Å². The molecule has 0 bridgehead atoms. The van der Waals surface area contributed by atoms with Gasteiger partial charge in [0, 0.05) is 23.2 Å². The average molecular weight is 387 g/mol. The highest BCUT2D eigenvalue weighted by Gasteiger charge is 2.41. The van der Waals surface area contributed by atoms with Crippen LogP contribution in [0.15, 0.2) is 42.5 Å². The number of hydrogen-bond acceptors (Lipinski definition) is 2. The molecule has 140 valence electrons. The molecule has 1 fully saturated rings. The molecule has 0 spiro atoms. The van der Waals surface area contributed by atoms with E-state index in [1.54, 1.807) is 18.2 Å². The number of halogens is 2. The van der Waals surface area contributed by atoms with E-state index in [-0.39, 0.29) is 29.4 Å². The Kier molecular flexibility index (Phi) is 4.87. The Bertz CT molecular complexity index is 896. The highest BCUT2D eigenvalue weighted by Crippen LogP contribution is 2.36. The summed E-state index contributed by atoms with van der Waals surface area (Å²) in [5, 5.41) is 3.34. The van der Waals surface area contributed by atoms with Crippen LogP contribution in [0.25, 0.3) is 0 Å². The van der Waals surface area contributed by atoms with Crippen molar-refractivity contribution in [1.82, 2.24) is 10.2 Å². The molecule has 2 aromatic rings. The molecule has 1 heterocycles. The monoisotopic (exact) mass is 386 g/mol. The van der Waals surface area contributed by atoms with Gasteiger partial charge in [-0.2, -0.15) is 0 Å². The molecule has 1 atom stereocenters. The summed E-state index contributed by atoms with van der Waals surface area (Å²) in [6.45, 7) is 0.148. The summed E-state index contributed by atoms with van der Waals surface area (Å²) in [4.78, 5) is 27.5. The number of fused-ring (bicyclic) bond motifs is 1. The van der Waals surface area contributed by atoms with Crippen molar-refractivity contribution >= 4 is 23.4 Å². The van der Waals surface area contributed by atoms with Gasteiger partial charge in [0.1, 0.15) is 11.9 Å². The maximum Gasteiger partial charge on any atom is 0.255 e. The molecule has 2 aromatic carbocycles. The van der Waals surface area contributed by atoms with E-state index in [0.717, 1.165) is 25.7 Å². The Morgan fingerprint density at radius 3 is 2.67 bits per heavy atom. The minimum absolute atomic E-state index is 0.148. The van der Waals surface area contributed by atoms with Crippen molar-refractivity contribution in [3.8, 4) is 0 Å². The second-order valence-electron chi connectivity index (χ2n) is 7.15. The van der Waals surface area contributed by atoms with Crippen LogP contribution in [0.5, 0.6) is 0 Å². The molecule has 1 aliphatic heterocycles. The van der Waals surface area contributed by atoms with Crippen molar-refractivity contribution in [1.29, 1.82) is 0 Å². The third-order valence-electron chi connectivity index (χ3n) is 5.36. The van der Waals surface area contributed by atoms with E-state index in [1.807, 2.05) is 12.1 Å². The second kappa shape index (κ2) is 7.31. The smallest absolute Gasteiger partial charge is 0.255 e. The van der Waals surface area contributed by atoms with Crippen molar-refractivity contribution in [3.63, 3.8) is 0 Å². The zero-order chi connectivity index (χ0) is 19.0. The van der Waals surface area contributed by atoms with Gasteiger partial charge in [0.2, 0.25) is 5.91 Å². The SMILES string of the molecule is O=C(NC1CCCC1)[C@H]1c2ccccc2C(=O)N1Cc1ccc(F)cc1Cl. The van der Waals surface area contributed by atoms with Gasteiger partial charge in [-0.3, -0.25) is 9.59 Å². The lowest BCUT2D eigenvalue weighted by molar-refractivity contribution is -0.126. The van der Waals surface area contributed by atoms with Crippen molar-refractivity contribution in [2.24, 2.45) is 0 Å². The first-order chi connectivity index (χ1) is 13.0. The third-order valence-corrected chi connectivity index (χ3v) is 5.72. The Morgan fingerprint density at radius 1 is 1.19 bits per heavy atom. The maximum atomic E-state index is 13.4. The number of nitrogens with one attached hydrogen (secondary N) is 1. The molecule has 2 amide bonds. The normalized spacial score (nSPS) is 19.4. The van der Waals surface area contributed by atoms with Crippen molar-refractivity contribution < 1.29 is 14.0 Å². The van der Waals surface area contributed by atoms with Gasteiger partial charge in [-0.15, -0.1) is 0 Å². The highest BCUT2D eigenvalue weighted by molar-refractivity contribution is 6.31. The molecular weight excluding hydrogens is 367 g/mol. The zero-order valence-corrected chi connectivity index (χ0v) is 15.5. The molecule has 1 aliphatic carbocycles. The van der Waals surface area contributed by atoms with Crippen LogP contribution in [-0.2, 0) is 11.3 Å². The first-order valence-corrected chi connectivity index (χ1v) is 9.56. The topological polar surface area (TPSA) is 49.4 Å². The van der Waals surface area contributed by atoms with Gasteiger partial charge in [-0.05, 0) is 42.2 Å². The molecule has 0 saturated heterocycles. The number of carbonyl (C=O) groups is 2. The van der Waals surface area contributed by atoms with Crippen molar-refractivity contribution in [2.45, 2.75) is 44.3 Å². The lowest BCUT2D eigenvalue weighted by Gasteiger charge is -2.26. The minimum atomic E-state index is -0.699. The van der Waals surface area contributed by atoms with E-state index >= 15 is 0 Å². The highest BCUT2D eigenvalue weighted by atomic mass is 35.5. The number of rotatable bonds is 4. The Morgan fingerprint density at radius 2 is 1.93 bits per heavy atom. The van der Waals surface area contributed by atoms with Crippen LogP contribution < -0.4 is 5.32 Å². The summed E-state index contributed by atoms with van der Waals surface area (Å²) < 4.78 is 13.4. The molecule has 0 unspecified atom stereocenters. The van der Waals surface area contributed by atoms with Gasteiger partial charge in [-0.1, -0.05) is 48.7 Å². The lowest BCUT2D eigenvalue weighted by atomic mass is 10.0. The van der Waals surface area contributed by atoms with Crippen LogP contribution in [0.4, 0.5) is 4.39 Å². The molecule has 2 aliphatic rings. The van der Waals surface area contributed by atoms with E-state index in [1.165, 1.54) is 17.0 Å². The summed E-state index contributed by atoms with van der Waals surface area (Å²) >= 11 is 6.15. The second-order valence-corrected chi connectivity index (χ2v) is 7.56. The average Bonchev–Trinajstić information content (AvgIpc) is 3.24.